The molecule has 0 heterocycles. The van der Waals surface area contributed by atoms with Crippen molar-refractivity contribution >= 4 is 11.4 Å². The van der Waals surface area contributed by atoms with Crippen LogP contribution in [0.4, 0.5) is 11.4 Å². The lowest BCUT2D eigenvalue weighted by molar-refractivity contribution is 0.414. The van der Waals surface area contributed by atoms with Crippen LogP contribution in [0.1, 0.15) is 11.1 Å². The third-order valence-electron chi connectivity index (χ3n) is 3.70. The molecule has 0 atom stereocenters. The summed E-state index contributed by atoms with van der Waals surface area (Å²) in [5.41, 5.74) is 16.9. The molecule has 3 rings (SSSR count). The van der Waals surface area contributed by atoms with Crippen molar-refractivity contribution in [2.24, 2.45) is 0 Å². The molecule has 0 aliphatic heterocycles. The first-order valence-corrected chi connectivity index (χ1v) is 7.57. The summed E-state index contributed by atoms with van der Waals surface area (Å²) in [5.74, 6) is 6.96. The Morgan fingerprint density at radius 2 is 1.29 bits per heavy atom. The van der Waals surface area contributed by atoms with Gasteiger partial charge in [-0.2, -0.15) is 0 Å². The smallest absolute Gasteiger partial charge is 0.136 e. The molecule has 0 saturated heterocycles. The van der Waals surface area contributed by atoms with Crippen molar-refractivity contribution < 1.29 is 4.74 Å². The molecule has 0 radical (unpaired) electrons. The summed E-state index contributed by atoms with van der Waals surface area (Å²) in [6.07, 6.45) is 0. The van der Waals surface area contributed by atoms with Crippen LogP contribution in [0.25, 0.3) is 11.1 Å². The van der Waals surface area contributed by atoms with Crippen molar-refractivity contribution in [1.29, 1.82) is 0 Å². The van der Waals surface area contributed by atoms with E-state index in [4.69, 9.17) is 16.2 Å². The highest BCUT2D eigenvalue weighted by Gasteiger charge is 2.00. The van der Waals surface area contributed by atoms with E-state index in [1.165, 1.54) is 0 Å². The van der Waals surface area contributed by atoms with Crippen molar-refractivity contribution in [3.05, 3.63) is 77.9 Å². The SMILES string of the molecule is COc1cc(N)ccc1C#Cc1ccc(-c2ccc(N)cc2)cc1. The zero-order valence-corrected chi connectivity index (χ0v) is 13.4. The van der Waals surface area contributed by atoms with Gasteiger partial charge in [0.25, 0.3) is 0 Å². The molecule has 0 unspecified atom stereocenters. The molecule has 3 aromatic rings. The summed E-state index contributed by atoms with van der Waals surface area (Å²) in [5, 5.41) is 0. The van der Waals surface area contributed by atoms with Crippen LogP contribution < -0.4 is 16.2 Å². The zero-order valence-electron chi connectivity index (χ0n) is 13.4. The zero-order chi connectivity index (χ0) is 16.9. The van der Waals surface area contributed by atoms with E-state index in [1.54, 1.807) is 13.2 Å². The van der Waals surface area contributed by atoms with E-state index in [2.05, 4.69) is 24.0 Å². The Morgan fingerprint density at radius 3 is 1.92 bits per heavy atom. The maximum absolute atomic E-state index is 5.76. The van der Waals surface area contributed by atoms with E-state index < -0.39 is 0 Å². The Labute approximate surface area is 141 Å². The van der Waals surface area contributed by atoms with Gasteiger partial charge < -0.3 is 16.2 Å². The lowest BCUT2D eigenvalue weighted by atomic mass is 10.0. The highest BCUT2D eigenvalue weighted by molar-refractivity contribution is 5.66. The second-order valence-electron chi connectivity index (χ2n) is 5.41. The second-order valence-corrected chi connectivity index (χ2v) is 5.41. The number of hydrogen-bond acceptors (Lipinski definition) is 3. The Bertz CT molecular complexity index is 901. The first-order valence-electron chi connectivity index (χ1n) is 7.57. The normalized spacial score (nSPS) is 9.88. The van der Waals surface area contributed by atoms with Crippen molar-refractivity contribution in [2.45, 2.75) is 0 Å². The molecule has 3 nitrogen and oxygen atoms in total. The topological polar surface area (TPSA) is 61.3 Å². The molecule has 0 aromatic heterocycles. The van der Waals surface area contributed by atoms with Crippen molar-refractivity contribution in [2.75, 3.05) is 18.6 Å². The monoisotopic (exact) mass is 314 g/mol. The van der Waals surface area contributed by atoms with Crippen LogP contribution in [0.3, 0.4) is 0 Å². The Morgan fingerprint density at radius 1 is 0.708 bits per heavy atom. The number of benzene rings is 3. The minimum Gasteiger partial charge on any atom is -0.495 e. The molecule has 0 fully saturated rings. The largest absolute Gasteiger partial charge is 0.495 e. The third kappa shape index (κ3) is 3.50. The summed E-state index contributed by atoms with van der Waals surface area (Å²) in [6.45, 7) is 0. The Kier molecular flexibility index (Phi) is 4.40. The minimum atomic E-state index is 0.658. The maximum atomic E-state index is 5.76. The highest BCUT2D eigenvalue weighted by Crippen LogP contribution is 2.22. The van der Waals surface area contributed by atoms with Gasteiger partial charge in [0.1, 0.15) is 5.75 Å². The summed E-state index contributed by atoms with van der Waals surface area (Å²) < 4.78 is 5.31. The average Bonchev–Trinajstić information content (AvgIpc) is 2.62. The number of methoxy groups -OCH3 is 1. The standard InChI is InChI=1S/C21H18N2O/c1-24-21-14-20(23)13-10-18(21)7-4-15-2-5-16(6-3-15)17-8-11-19(22)12-9-17/h2-3,5-6,8-14H,22-23H2,1H3. The number of hydrogen-bond donors (Lipinski definition) is 2. The van der Waals surface area contributed by atoms with Gasteiger partial charge in [-0.3, -0.25) is 0 Å². The predicted molar refractivity (Wildman–Crippen MR) is 99.7 cm³/mol. The number of rotatable bonds is 2. The van der Waals surface area contributed by atoms with E-state index in [-0.39, 0.29) is 0 Å². The van der Waals surface area contributed by atoms with Crippen molar-refractivity contribution in [1.82, 2.24) is 0 Å². The third-order valence-corrected chi connectivity index (χ3v) is 3.70. The lowest BCUT2D eigenvalue weighted by Crippen LogP contribution is -1.91. The first-order chi connectivity index (χ1) is 11.7. The predicted octanol–water partition coefficient (Wildman–Crippen LogP) is 3.93. The molecule has 118 valence electrons. The van der Waals surface area contributed by atoms with Crippen molar-refractivity contribution in [3.63, 3.8) is 0 Å². The first kappa shape index (κ1) is 15.5. The van der Waals surface area contributed by atoms with Crippen LogP contribution in [0, 0.1) is 11.8 Å². The van der Waals surface area contributed by atoms with Crippen LogP contribution in [-0.4, -0.2) is 7.11 Å². The fourth-order valence-corrected chi connectivity index (χ4v) is 2.37. The van der Waals surface area contributed by atoms with Gasteiger partial charge in [-0.05, 0) is 47.5 Å². The molecule has 3 heteroatoms. The molecule has 0 bridgehead atoms. The number of nitrogen functional groups attached to an aromatic ring is 2. The van der Waals surface area contributed by atoms with Gasteiger partial charge in [0.2, 0.25) is 0 Å². The van der Waals surface area contributed by atoms with E-state index >= 15 is 0 Å². The second kappa shape index (κ2) is 6.80. The van der Waals surface area contributed by atoms with Crippen LogP contribution in [0.5, 0.6) is 5.75 Å². The molecule has 0 spiro atoms. The summed E-state index contributed by atoms with van der Waals surface area (Å²) >= 11 is 0. The van der Waals surface area contributed by atoms with Crippen LogP contribution in [0.2, 0.25) is 0 Å². The van der Waals surface area contributed by atoms with E-state index in [0.29, 0.717) is 11.4 Å². The number of anilines is 2. The van der Waals surface area contributed by atoms with Gasteiger partial charge in [-0.15, -0.1) is 0 Å². The summed E-state index contributed by atoms with van der Waals surface area (Å²) in [4.78, 5) is 0. The quantitative estimate of drug-likeness (QED) is 0.556. The van der Waals surface area contributed by atoms with E-state index in [1.807, 2.05) is 48.5 Å². The lowest BCUT2D eigenvalue weighted by Gasteiger charge is -2.04. The molecule has 0 saturated carbocycles. The van der Waals surface area contributed by atoms with Gasteiger partial charge in [-0.25, -0.2) is 0 Å². The fraction of sp³-hybridized carbons (Fsp3) is 0.0476. The molecule has 3 aromatic carbocycles. The Balaban J connectivity index is 1.84. The highest BCUT2D eigenvalue weighted by atomic mass is 16.5. The summed E-state index contributed by atoms with van der Waals surface area (Å²) in [7, 11) is 1.61. The molecule has 0 aliphatic rings. The van der Waals surface area contributed by atoms with Crippen LogP contribution >= 0.6 is 0 Å². The van der Waals surface area contributed by atoms with Gasteiger partial charge in [0, 0.05) is 23.0 Å². The average molecular weight is 314 g/mol. The summed E-state index contributed by atoms with van der Waals surface area (Å²) in [6, 6.07) is 21.4. The van der Waals surface area contributed by atoms with Crippen LogP contribution in [-0.2, 0) is 0 Å². The Hall–Kier alpha value is -3.38. The van der Waals surface area contributed by atoms with Crippen LogP contribution in [0.15, 0.2) is 66.7 Å². The van der Waals surface area contributed by atoms with Gasteiger partial charge in [0.15, 0.2) is 0 Å². The maximum Gasteiger partial charge on any atom is 0.136 e. The van der Waals surface area contributed by atoms with E-state index in [0.717, 1.165) is 27.9 Å². The van der Waals surface area contributed by atoms with E-state index in [9.17, 15) is 0 Å². The minimum absolute atomic E-state index is 0.658. The molecular weight excluding hydrogens is 296 g/mol. The van der Waals surface area contributed by atoms with Gasteiger partial charge in [0.05, 0.1) is 12.7 Å². The molecular formula is C21H18N2O. The fourth-order valence-electron chi connectivity index (χ4n) is 2.37. The number of nitrogens with two attached hydrogens (primary N) is 2. The van der Waals surface area contributed by atoms with Crippen molar-refractivity contribution in [3.8, 4) is 28.7 Å². The van der Waals surface area contributed by atoms with Gasteiger partial charge >= 0.3 is 0 Å². The molecule has 24 heavy (non-hydrogen) atoms. The molecule has 4 N–H and O–H groups in total. The molecule has 0 aliphatic carbocycles. The molecule has 0 amide bonds. The van der Waals surface area contributed by atoms with Gasteiger partial charge in [-0.1, -0.05) is 36.1 Å². The number of ether oxygens (including phenoxy) is 1.